The van der Waals surface area contributed by atoms with Gasteiger partial charge in [0, 0.05) is 11.8 Å². The molecule has 0 atom stereocenters. The second-order valence-electron chi connectivity index (χ2n) is 3.71. The van der Waals surface area contributed by atoms with E-state index in [0.717, 1.165) is 11.3 Å². The highest BCUT2D eigenvalue weighted by molar-refractivity contribution is 5.87. The average Bonchev–Trinajstić information content (AvgIpc) is 2.48. The summed E-state index contributed by atoms with van der Waals surface area (Å²) in [6, 6.07) is 8.90. The van der Waals surface area contributed by atoms with E-state index in [1.54, 1.807) is 0 Å². The normalized spacial score (nSPS) is 10.0. The molecule has 0 bridgehead atoms. The summed E-state index contributed by atoms with van der Waals surface area (Å²) >= 11 is 0. The molecular formula is C14H14N2O3. The topological polar surface area (TPSA) is 61.3 Å². The second-order valence-corrected chi connectivity index (χ2v) is 3.71. The zero-order valence-corrected chi connectivity index (χ0v) is 10.8. The molecule has 2 aromatic rings. The van der Waals surface area contributed by atoms with Gasteiger partial charge in [0.2, 0.25) is 0 Å². The Labute approximate surface area is 111 Å². The van der Waals surface area contributed by atoms with Gasteiger partial charge in [-0.3, -0.25) is 0 Å². The van der Waals surface area contributed by atoms with Crippen molar-refractivity contribution in [3.8, 4) is 17.1 Å². The Balaban J connectivity index is 2.28. The van der Waals surface area contributed by atoms with E-state index in [2.05, 4.69) is 14.7 Å². The minimum atomic E-state index is -0.477. The van der Waals surface area contributed by atoms with Crippen molar-refractivity contribution < 1.29 is 14.3 Å². The fourth-order valence-electron chi connectivity index (χ4n) is 1.58. The minimum absolute atomic E-state index is 0.237. The van der Waals surface area contributed by atoms with E-state index in [0.29, 0.717) is 12.4 Å². The smallest absolute Gasteiger partial charge is 0.356 e. The molecule has 1 aromatic heterocycles. The number of rotatable bonds is 4. The van der Waals surface area contributed by atoms with Crippen LogP contribution in [0.3, 0.4) is 0 Å². The first-order valence-corrected chi connectivity index (χ1v) is 5.89. The summed E-state index contributed by atoms with van der Waals surface area (Å²) in [6.07, 6.45) is 1.53. The Hall–Kier alpha value is -2.43. The number of ether oxygens (including phenoxy) is 2. The lowest BCUT2D eigenvalue weighted by Gasteiger charge is -2.05. The molecule has 98 valence electrons. The third-order valence-corrected chi connectivity index (χ3v) is 2.47. The lowest BCUT2D eigenvalue weighted by atomic mass is 10.2. The summed E-state index contributed by atoms with van der Waals surface area (Å²) < 4.78 is 9.99. The van der Waals surface area contributed by atoms with E-state index in [9.17, 15) is 4.79 Å². The van der Waals surface area contributed by atoms with Gasteiger partial charge < -0.3 is 9.47 Å². The lowest BCUT2D eigenvalue weighted by Crippen LogP contribution is -2.05. The van der Waals surface area contributed by atoms with Gasteiger partial charge in [-0.05, 0) is 37.3 Å². The van der Waals surface area contributed by atoms with Crippen LogP contribution in [0.25, 0.3) is 11.4 Å². The van der Waals surface area contributed by atoms with Gasteiger partial charge >= 0.3 is 5.97 Å². The van der Waals surface area contributed by atoms with Crippen molar-refractivity contribution in [1.29, 1.82) is 0 Å². The standard InChI is InChI=1S/C14H14N2O3/c1-3-19-11-6-4-10(5-7-11)13-15-9-8-12(16-13)14(17)18-2/h4-9H,3H2,1-2H3. The van der Waals surface area contributed by atoms with Crippen LogP contribution in [0.1, 0.15) is 17.4 Å². The number of carbonyl (C=O) groups excluding carboxylic acids is 1. The van der Waals surface area contributed by atoms with Crippen molar-refractivity contribution >= 4 is 5.97 Å². The zero-order valence-electron chi connectivity index (χ0n) is 10.8. The zero-order chi connectivity index (χ0) is 13.7. The third kappa shape index (κ3) is 3.07. The Morgan fingerprint density at radius 3 is 2.58 bits per heavy atom. The fourth-order valence-corrected chi connectivity index (χ4v) is 1.58. The Morgan fingerprint density at radius 2 is 1.95 bits per heavy atom. The fraction of sp³-hybridized carbons (Fsp3) is 0.214. The molecule has 5 heteroatoms. The van der Waals surface area contributed by atoms with Gasteiger partial charge in [-0.15, -0.1) is 0 Å². The molecule has 5 nitrogen and oxygen atoms in total. The largest absolute Gasteiger partial charge is 0.494 e. The van der Waals surface area contributed by atoms with E-state index < -0.39 is 5.97 Å². The summed E-state index contributed by atoms with van der Waals surface area (Å²) in [7, 11) is 1.32. The molecule has 0 amide bonds. The number of methoxy groups -OCH3 is 1. The first-order valence-electron chi connectivity index (χ1n) is 5.89. The molecule has 0 aliphatic carbocycles. The van der Waals surface area contributed by atoms with Gasteiger partial charge in [0.1, 0.15) is 5.75 Å². The Bertz CT molecular complexity index is 567. The molecular weight excluding hydrogens is 244 g/mol. The van der Waals surface area contributed by atoms with Crippen LogP contribution < -0.4 is 4.74 Å². The molecule has 0 spiro atoms. The number of nitrogens with zero attached hydrogens (tertiary/aromatic N) is 2. The molecule has 0 saturated carbocycles. The molecule has 0 aliphatic rings. The predicted molar refractivity (Wildman–Crippen MR) is 70.0 cm³/mol. The molecule has 0 radical (unpaired) electrons. The van der Waals surface area contributed by atoms with E-state index in [1.165, 1.54) is 19.4 Å². The molecule has 19 heavy (non-hydrogen) atoms. The van der Waals surface area contributed by atoms with E-state index in [-0.39, 0.29) is 5.69 Å². The summed E-state index contributed by atoms with van der Waals surface area (Å²) in [5.74, 6) is 0.788. The SMILES string of the molecule is CCOc1ccc(-c2nccc(C(=O)OC)n2)cc1. The average molecular weight is 258 g/mol. The number of hydrogen-bond donors (Lipinski definition) is 0. The van der Waals surface area contributed by atoms with Crippen LogP contribution in [-0.2, 0) is 4.74 Å². The van der Waals surface area contributed by atoms with Crippen molar-refractivity contribution in [2.24, 2.45) is 0 Å². The first kappa shape index (κ1) is 13.0. The lowest BCUT2D eigenvalue weighted by molar-refractivity contribution is 0.0594. The summed E-state index contributed by atoms with van der Waals surface area (Å²) in [5.41, 5.74) is 1.05. The Morgan fingerprint density at radius 1 is 1.21 bits per heavy atom. The molecule has 1 aromatic carbocycles. The third-order valence-electron chi connectivity index (χ3n) is 2.47. The van der Waals surface area contributed by atoms with Crippen LogP contribution in [0, 0.1) is 0 Å². The van der Waals surface area contributed by atoms with Crippen molar-refractivity contribution in [2.75, 3.05) is 13.7 Å². The van der Waals surface area contributed by atoms with Gasteiger partial charge in [0.25, 0.3) is 0 Å². The first-order chi connectivity index (χ1) is 9.24. The van der Waals surface area contributed by atoms with Gasteiger partial charge in [-0.25, -0.2) is 14.8 Å². The highest BCUT2D eigenvalue weighted by Gasteiger charge is 2.09. The number of esters is 1. The Kier molecular flexibility index (Phi) is 4.07. The van der Waals surface area contributed by atoms with Gasteiger partial charge in [0.15, 0.2) is 11.5 Å². The number of benzene rings is 1. The molecule has 0 aliphatic heterocycles. The van der Waals surface area contributed by atoms with E-state index in [4.69, 9.17) is 4.74 Å². The van der Waals surface area contributed by atoms with E-state index in [1.807, 2.05) is 31.2 Å². The van der Waals surface area contributed by atoms with Crippen LogP contribution in [0.5, 0.6) is 5.75 Å². The maximum absolute atomic E-state index is 11.4. The number of aromatic nitrogens is 2. The van der Waals surface area contributed by atoms with Crippen LogP contribution in [0.15, 0.2) is 36.5 Å². The molecule has 2 rings (SSSR count). The molecule has 0 saturated heterocycles. The van der Waals surface area contributed by atoms with Crippen LogP contribution in [0.2, 0.25) is 0 Å². The second kappa shape index (κ2) is 5.95. The van der Waals surface area contributed by atoms with E-state index >= 15 is 0 Å². The van der Waals surface area contributed by atoms with Crippen LogP contribution in [0.4, 0.5) is 0 Å². The van der Waals surface area contributed by atoms with Gasteiger partial charge in [0.05, 0.1) is 13.7 Å². The highest BCUT2D eigenvalue weighted by Crippen LogP contribution is 2.19. The van der Waals surface area contributed by atoms with Crippen molar-refractivity contribution in [1.82, 2.24) is 9.97 Å². The monoisotopic (exact) mass is 258 g/mol. The maximum atomic E-state index is 11.4. The summed E-state index contributed by atoms with van der Waals surface area (Å²) in [5, 5.41) is 0. The quantitative estimate of drug-likeness (QED) is 0.788. The van der Waals surface area contributed by atoms with Gasteiger partial charge in [-0.2, -0.15) is 0 Å². The van der Waals surface area contributed by atoms with Crippen LogP contribution >= 0.6 is 0 Å². The van der Waals surface area contributed by atoms with Crippen molar-refractivity contribution in [3.05, 3.63) is 42.2 Å². The van der Waals surface area contributed by atoms with Crippen molar-refractivity contribution in [3.63, 3.8) is 0 Å². The van der Waals surface area contributed by atoms with Crippen LogP contribution in [-0.4, -0.2) is 29.7 Å². The maximum Gasteiger partial charge on any atom is 0.356 e. The highest BCUT2D eigenvalue weighted by atomic mass is 16.5. The van der Waals surface area contributed by atoms with Gasteiger partial charge in [-0.1, -0.05) is 0 Å². The molecule has 0 fully saturated rings. The molecule has 0 unspecified atom stereocenters. The predicted octanol–water partition coefficient (Wildman–Crippen LogP) is 2.33. The summed E-state index contributed by atoms with van der Waals surface area (Å²) in [4.78, 5) is 19.7. The number of hydrogen-bond acceptors (Lipinski definition) is 5. The summed E-state index contributed by atoms with van der Waals surface area (Å²) in [6.45, 7) is 2.55. The van der Waals surface area contributed by atoms with Crippen molar-refractivity contribution in [2.45, 2.75) is 6.92 Å². The molecule has 0 N–H and O–H groups in total. The minimum Gasteiger partial charge on any atom is -0.494 e. The number of carbonyl (C=O) groups is 1. The molecule has 1 heterocycles.